The first-order chi connectivity index (χ1) is 17.8. The molecule has 1 aromatic heterocycles. The Kier molecular flexibility index (Phi) is 7.62. The summed E-state index contributed by atoms with van der Waals surface area (Å²) in [6.45, 7) is 1.44. The lowest BCUT2D eigenvalue weighted by molar-refractivity contribution is -0.177. The Labute approximate surface area is 210 Å². The van der Waals surface area contributed by atoms with Crippen molar-refractivity contribution in [1.82, 2.24) is 25.5 Å². The average Bonchev–Trinajstić information content (AvgIpc) is 3.24. The summed E-state index contributed by atoms with van der Waals surface area (Å²) >= 11 is 0. The quantitative estimate of drug-likeness (QED) is 0.343. The molecule has 13 heteroatoms. The summed E-state index contributed by atoms with van der Waals surface area (Å²) in [7, 11) is 1.53. The van der Waals surface area contributed by atoms with Gasteiger partial charge in [0.1, 0.15) is 6.61 Å². The second kappa shape index (κ2) is 11.2. The molecule has 1 fully saturated rings. The van der Waals surface area contributed by atoms with Crippen LogP contribution in [0.3, 0.4) is 0 Å². The number of amides is 3. The Hall–Kier alpha value is -4.94. The van der Waals surface area contributed by atoms with Crippen LogP contribution in [0.4, 0.5) is 15.3 Å². The van der Waals surface area contributed by atoms with Gasteiger partial charge in [0.15, 0.2) is 6.10 Å². The van der Waals surface area contributed by atoms with E-state index in [0.717, 1.165) is 5.56 Å². The second-order valence-corrected chi connectivity index (χ2v) is 7.91. The number of ether oxygens (including phenoxy) is 2. The van der Waals surface area contributed by atoms with Crippen molar-refractivity contribution in [2.24, 2.45) is 0 Å². The summed E-state index contributed by atoms with van der Waals surface area (Å²) in [5.41, 5.74) is 1.85. The average molecular weight is 506 g/mol. The van der Waals surface area contributed by atoms with Gasteiger partial charge in [-0.3, -0.25) is 19.3 Å². The van der Waals surface area contributed by atoms with Gasteiger partial charge in [0.2, 0.25) is 11.6 Å². The van der Waals surface area contributed by atoms with Crippen LogP contribution < -0.4 is 4.90 Å². The van der Waals surface area contributed by atoms with Gasteiger partial charge in [-0.15, -0.1) is 20.4 Å². The third kappa shape index (κ3) is 6.20. The first-order valence-corrected chi connectivity index (χ1v) is 11.2. The second-order valence-electron chi connectivity index (χ2n) is 7.91. The third-order valence-electron chi connectivity index (χ3n) is 5.29. The van der Waals surface area contributed by atoms with E-state index in [-0.39, 0.29) is 25.3 Å². The number of benzene rings is 2. The fourth-order valence-electron chi connectivity index (χ4n) is 3.21. The summed E-state index contributed by atoms with van der Waals surface area (Å²) in [6, 6.07) is 15.7. The molecule has 0 N–H and O–H groups in total. The molecular weight excluding hydrogens is 484 g/mol. The highest BCUT2D eigenvalue weighted by Crippen LogP contribution is 2.20. The van der Waals surface area contributed by atoms with Crippen LogP contribution in [0.2, 0.25) is 0 Å². The van der Waals surface area contributed by atoms with Gasteiger partial charge >= 0.3 is 12.2 Å². The number of rotatable bonds is 7. The first kappa shape index (κ1) is 25.2. The predicted octanol–water partition coefficient (Wildman–Crippen LogP) is 2.98. The molecule has 0 saturated carbocycles. The van der Waals surface area contributed by atoms with E-state index in [9.17, 15) is 19.2 Å². The van der Waals surface area contributed by atoms with E-state index >= 15 is 0 Å². The molecule has 0 aliphatic carbocycles. The number of hydrogen-bond acceptors (Lipinski definition) is 11. The van der Waals surface area contributed by atoms with E-state index in [2.05, 4.69) is 25.2 Å². The van der Waals surface area contributed by atoms with Gasteiger partial charge in [0.25, 0.3) is 11.8 Å². The summed E-state index contributed by atoms with van der Waals surface area (Å²) in [5, 5.41) is 16.5. The van der Waals surface area contributed by atoms with Crippen molar-refractivity contribution in [2.75, 3.05) is 11.9 Å². The van der Waals surface area contributed by atoms with Crippen molar-refractivity contribution in [3.8, 4) is 11.4 Å². The van der Waals surface area contributed by atoms with Crippen LogP contribution in [0.1, 0.15) is 37.3 Å². The Morgan fingerprint density at radius 2 is 1.57 bits per heavy atom. The molecule has 3 amide bonds. The molecule has 4 rings (SSSR count). The smallest absolute Gasteiger partial charge is 0.438 e. The number of hydrogen-bond donors (Lipinski definition) is 0. The maximum atomic E-state index is 12.6. The Morgan fingerprint density at radius 1 is 0.946 bits per heavy atom. The lowest BCUT2D eigenvalue weighted by Crippen LogP contribution is -2.32. The Bertz CT molecular complexity index is 1270. The number of nitrogens with zero attached hydrogens (tertiary/aromatic N) is 6. The van der Waals surface area contributed by atoms with Crippen molar-refractivity contribution >= 4 is 29.8 Å². The molecule has 0 spiro atoms. The molecule has 3 aromatic rings. The molecule has 1 aliphatic rings. The van der Waals surface area contributed by atoms with Crippen LogP contribution >= 0.6 is 0 Å². The van der Waals surface area contributed by atoms with Crippen molar-refractivity contribution in [2.45, 2.75) is 32.5 Å². The molecule has 2 heterocycles. The molecule has 37 heavy (non-hydrogen) atoms. The van der Waals surface area contributed by atoms with Gasteiger partial charge in [-0.25, -0.2) is 9.59 Å². The van der Waals surface area contributed by atoms with E-state index in [1.165, 1.54) is 11.9 Å². The summed E-state index contributed by atoms with van der Waals surface area (Å²) < 4.78 is 10.4. The number of aromatic nitrogens is 4. The summed E-state index contributed by atoms with van der Waals surface area (Å²) in [6.07, 6.45) is -2.65. The van der Waals surface area contributed by atoms with Gasteiger partial charge in [-0.1, -0.05) is 47.5 Å². The van der Waals surface area contributed by atoms with E-state index in [1.54, 1.807) is 31.2 Å². The fraction of sp³-hybridized carbons (Fsp3) is 0.250. The van der Waals surface area contributed by atoms with E-state index < -0.39 is 30.2 Å². The van der Waals surface area contributed by atoms with Gasteiger partial charge in [-0.05, 0) is 24.6 Å². The van der Waals surface area contributed by atoms with Crippen molar-refractivity contribution in [3.63, 3.8) is 0 Å². The molecule has 2 aromatic carbocycles. The molecule has 0 radical (unpaired) electrons. The maximum absolute atomic E-state index is 12.6. The highest BCUT2D eigenvalue weighted by Gasteiger charge is 2.33. The SMILES string of the molecule is CC(OC(=O)N(C)c1ccc(COC(=O)ON2C(=O)CCC2=O)cc1)c1nnc(-c2ccccc2)nn1. The Balaban J connectivity index is 1.27. The van der Waals surface area contributed by atoms with Gasteiger partial charge in [-0.2, -0.15) is 0 Å². The lowest BCUT2D eigenvalue weighted by Gasteiger charge is -2.20. The molecule has 1 unspecified atom stereocenters. The zero-order valence-corrected chi connectivity index (χ0v) is 19.9. The topological polar surface area (TPSA) is 154 Å². The monoisotopic (exact) mass is 506 g/mol. The minimum Gasteiger partial charge on any atom is -0.438 e. The van der Waals surface area contributed by atoms with Crippen molar-refractivity contribution in [3.05, 3.63) is 66.0 Å². The van der Waals surface area contributed by atoms with Crippen LogP contribution in [0, 0.1) is 0 Å². The van der Waals surface area contributed by atoms with E-state index in [4.69, 9.17) is 9.47 Å². The zero-order valence-electron chi connectivity index (χ0n) is 19.9. The van der Waals surface area contributed by atoms with Crippen LogP contribution in [0.25, 0.3) is 11.4 Å². The number of hydroxylamine groups is 2. The van der Waals surface area contributed by atoms with E-state index in [0.29, 0.717) is 22.1 Å². The highest BCUT2D eigenvalue weighted by atomic mass is 16.8. The molecule has 190 valence electrons. The van der Waals surface area contributed by atoms with Gasteiger partial charge in [0, 0.05) is 31.1 Å². The maximum Gasteiger partial charge on any atom is 0.534 e. The van der Waals surface area contributed by atoms with Crippen LogP contribution in [0.15, 0.2) is 54.6 Å². The van der Waals surface area contributed by atoms with Crippen molar-refractivity contribution < 1.29 is 33.5 Å². The first-order valence-electron chi connectivity index (χ1n) is 11.2. The lowest BCUT2D eigenvalue weighted by atomic mass is 10.2. The minimum atomic E-state index is -1.18. The number of carbonyl (C=O) groups excluding carboxylic acids is 4. The largest absolute Gasteiger partial charge is 0.534 e. The Morgan fingerprint density at radius 3 is 2.19 bits per heavy atom. The van der Waals surface area contributed by atoms with Crippen molar-refractivity contribution in [1.29, 1.82) is 0 Å². The third-order valence-corrected chi connectivity index (χ3v) is 5.29. The minimum absolute atomic E-state index is 0.0103. The van der Waals surface area contributed by atoms with Crippen LogP contribution in [-0.4, -0.2) is 56.6 Å². The zero-order chi connectivity index (χ0) is 26.4. The van der Waals surface area contributed by atoms with Gasteiger partial charge < -0.3 is 9.47 Å². The normalized spacial score (nSPS) is 13.7. The van der Waals surface area contributed by atoms with E-state index in [1.807, 2.05) is 30.3 Å². The molecule has 13 nitrogen and oxygen atoms in total. The molecule has 1 saturated heterocycles. The number of anilines is 1. The van der Waals surface area contributed by atoms with Gasteiger partial charge in [0.05, 0.1) is 0 Å². The fourth-order valence-corrected chi connectivity index (χ4v) is 3.21. The molecular formula is C24H22N6O7. The number of imide groups is 1. The molecule has 0 bridgehead atoms. The summed E-state index contributed by atoms with van der Waals surface area (Å²) in [4.78, 5) is 53.2. The van der Waals surface area contributed by atoms with Crippen LogP contribution in [-0.2, 0) is 30.5 Å². The van der Waals surface area contributed by atoms with Crippen LogP contribution in [0.5, 0.6) is 0 Å². The standard InChI is InChI=1S/C24H22N6O7/c1-15(21-25-27-22(28-26-21)17-6-4-3-5-7-17)36-23(33)29(2)18-10-8-16(9-11-18)14-35-24(34)37-30-19(31)12-13-20(30)32/h3-11,15H,12-14H2,1-2H3. The highest BCUT2D eigenvalue weighted by molar-refractivity contribution is 6.01. The number of carbonyl (C=O) groups is 4. The molecule has 1 atom stereocenters. The molecule has 1 aliphatic heterocycles. The summed E-state index contributed by atoms with van der Waals surface area (Å²) in [5.74, 6) is -0.689. The predicted molar refractivity (Wildman–Crippen MR) is 125 cm³/mol.